The molecule has 0 unspecified atom stereocenters. The number of methoxy groups -OCH3 is 1. The molecule has 0 radical (unpaired) electrons. The maximum absolute atomic E-state index is 10.9. The number of ether oxygens (including phenoxy) is 3. The minimum Gasteiger partial charge on any atom is -0.490 e. The summed E-state index contributed by atoms with van der Waals surface area (Å²) in [4.78, 5) is 10.9. The summed E-state index contributed by atoms with van der Waals surface area (Å²) in [7, 11) is 1.38. The second-order valence-electron chi connectivity index (χ2n) is 4.33. The standard InChI is InChI=1S/C14H19NO4/c1-17-14(16)10-15-6-5-11-3-4-12-13(9-11)19-8-2-7-18-12/h3-4,9,15H,2,5-8,10H2,1H3. The second-order valence-corrected chi connectivity index (χ2v) is 4.33. The van der Waals surface area contributed by atoms with Gasteiger partial charge in [0.25, 0.3) is 0 Å². The molecule has 0 saturated carbocycles. The minimum absolute atomic E-state index is 0.237. The van der Waals surface area contributed by atoms with Crippen molar-refractivity contribution in [3.63, 3.8) is 0 Å². The van der Waals surface area contributed by atoms with Crippen LogP contribution in [0.15, 0.2) is 18.2 Å². The van der Waals surface area contributed by atoms with Crippen molar-refractivity contribution in [1.29, 1.82) is 0 Å². The third-order valence-electron chi connectivity index (χ3n) is 2.90. The molecule has 1 N–H and O–H groups in total. The highest BCUT2D eigenvalue weighted by molar-refractivity contribution is 5.71. The van der Waals surface area contributed by atoms with E-state index >= 15 is 0 Å². The van der Waals surface area contributed by atoms with Crippen LogP contribution < -0.4 is 14.8 Å². The molecule has 0 bridgehead atoms. The van der Waals surface area contributed by atoms with E-state index in [1.807, 2.05) is 18.2 Å². The molecular weight excluding hydrogens is 246 g/mol. The maximum atomic E-state index is 10.9. The molecule has 0 atom stereocenters. The normalized spacial score (nSPS) is 13.7. The lowest BCUT2D eigenvalue weighted by Gasteiger charge is -2.09. The summed E-state index contributed by atoms with van der Waals surface area (Å²) in [6.07, 6.45) is 1.73. The Morgan fingerprint density at radius 2 is 2.11 bits per heavy atom. The zero-order valence-electron chi connectivity index (χ0n) is 11.1. The first-order valence-electron chi connectivity index (χ1n) is 6.45. The Balaban J connectivity index is 1.84. The SMILES string of the molecule is COC(=O)CNCCc1ccc2c(c1)OCCCO2. The molecule has 19 heavy (non-hydrogen) atoms. The smallest absolute Gasteiger partial charge is 0.319 e. The van der Waals surface area contributed by atoms with Crippen LogP contribution in [0.2, 0.25) is 0 Å². The minimum atomic E-state index is -0.251. The van der Waals surface area contributed by atoms with Gasteiger partial charge in [-0.05, 0) is 30.7 Å². The average molecular weight is 265 g/mol. The zero-order chi connectivity index (χ0) is 13.5. The van der Waals surface area contributed by atoms with Gasteiger partial charge in [0, 0.05) is 6.42 Å². The Bertz CT molecular complexity index is 433. The van der Waals surface area contributed by atoms with Gasteiger partial charge in [0.1, 0.15) is 0 Å². The van der Waals surface area contributed by atoms with Crippen molar-refractivity contribution in [2.45, 2.75) is 12.8 Å². The molecule has 0 fully saturated rings. The van der Waals surface area contributed by atoms with Crippen molar-refractivity contribution in [1.82, 2.24) is 5.32 Å². The second kappa shape index (κ2) is 6.99. The summed E-state index contributed by atoms with van der Waals surface area (Å²) >= 11 is 0. The number of esters is 1. The maximum Gasteiger partial charge on any atom is 0.319 e. The van der Waals surface area contributed by atoms with E-state index in [0.717, 1.165) is 36.4 Å². The predicted octanol–water partition coefficient (Wildman–Crippen LogP) is 1.15. The van der Waals surface area contributed by atoms with Crippen molar-refractivity contribution in [3.05, 3.63) is 23.8 Å². The van der Waals surface area contributed by atoms with Gasteiger partial charge in [-0.3, -0.25) is 4.79 Å². The molecular formula is C14H19NO4. The first kappa shape index (κ1) is 13.7. The molecule has 1 aliphatic heterocycles. The molecule has 1 aromatic carbocycles. The Morgan fingerprint density at radius 3 is 2.89 bits per heavy atom. The predicted molar refractivity (Wildman–Crippen MR) is 70.6 cm³/mol. The third-order valence-corrected chi connectivity index (χ3v) is 2.90. The fourth-order valence-corrected chi connectivity index (χ4v) is 1.86. The number of carbonyl (C=O) groups is 1. The van der Waals surface area contributed by atoms with Gasteiger partial charge in [-0.25, -0.2) is 0 Å². The molecule has 1 aliphatic rings. The zero-order valence-corrected chi connectivity index (χ0v) is 11.1. The van der Waals surface area contributed by atoms with Gasteiger partial charge >= 0.3 is 5.97 Å². The van der Waals surface area contributed by atoms with E-state index < -0.39 is 0 Å². The summed E-state index contributed by atoms with van der Waals surface area (Å²) in [6.45, 7) is 2.35. The summed E-state index contributed by atoms with van der Waals surface area (Å²) in [5.41, 5.74) is 1.15. The van der Waals surface area contributed by atoms with Crippen LogP contribution in [0, 0.1) is 0 Å². The van der Waals surface area contributed by atoms with E-state index in [-0.39, 0.29) is 12.5 Å². The van der Waals surface area contributed by atoms with Gasteiger partial charge in [0.2, 0.25) is 0 Å². The highest BCUT2D eigenvalue weighted by atomic mass is 16.5. The Hall–Kier alpha value is -1.75. The van der Waals surface area contributed by atoms with Gasteiger partial charge in [-0.2, -0.15) is 0 Å². The molecule has 104 valence electrons. The van der Waals surface area contributed by atoms with Crippen molar-refractivity contribution < 1.29 is 19.0 Å². The summed E-state index contributed by atoms with van der Waals surface area (Å²) in [6, 6.07) is 5.96. The number of hydrogen-bond acceptors (Lipinski definition) is 5. The average Bonchev–Trinajstić information content (AvgIpc) is 2.68. The van der Waals surface area contributed by atoms with Crippen LogP contribution in [0.5, 0.6) is 11.5 Å². The van der Waals surface area contributed by atoms with E-state index in [1.165, 1.54) is 7.11 Å². The fraction of sp³-hybridized carbons (Fsp3) is 0.500. The van der Waals surface area contributed by atoms with Crippen molar-refractivity contribution in [3.8, 4) is 11.5 Å². The largest absolute Gasteiger partial charge is 0.490 e. The van der Waals surface area contributed by atoms with Crippen LogP contribution in [0.3, 0.4) is 0 Å². The van der Waals surface area contributed by atoms with Gasteiger partial charge in [-0.15, -0.1) is 0 Å². The van der Waals surface area contributed by atoms with E-state index in [4.69, 9.17) is 9.47 Å². The van der Waals surface area contributed by atoms with Crippen molar-refractivity contribution in [2.24, 2.45) is 0 Å². The number of benzene rings is 1. The van der Waals surface area contributed by atoms with E-state index in [2.05, 4.69) is 10.1 Å². The topological polar surface area (TPSA) is 56.8 Å². The van der Waals surface area contributed by atoms with Crippen LogP contribution in [0.1, 0.15) is 12.0 Å². The van der Waals surface area contributed by atoms with Crippen LogP contribution in [0.25, 0.3) is 0 Å². The molecule has 2 rings (SSSR count). The van der Waals surface area contributed by atoms with Gasteiger partial charge < -0.3 is 19.5 Å². The number of rotatable bonds is 5. The lowest BCUT2D eigenvalue weighted by molar-refractivity contribution is -0.139. The fourth-order valence-electron chi connectivity index (χ4n) is 1.86. The Morgan fingerprint density at radius 1 is 1.32 bits per heavy atom. The van der Waals surface area contributed by atoms with Crippen molar-refractivity contribution in [2.75, 3.05) is 33.4 Å². The Labute approximate surface area is 112 Å². The monoisotopic (exact) mass is 265 g/mol. The van der Waals surface area contributed by atoms with E-state index in [0.29, 0.717) is 13.2 Å². The summed E-state index contributed by atoms with van der Waals surface area (Å²) in [5.74, 6) is 1.37. The highest BCUT2D eigenvalue weighted by Crippen LogP contribution is 2.30. The molecule has 0 saturated heterocycles. The molecule has 0 aliphatic carbocycles. The lowest BCUT2D eigenvalue weighted by atomic mass is 10.1. The van der Waals surface area contributed by atoms with E-state index in [9.17, 15) is 4.79 Å². The first-order chi connectivity index (χ1) is 9.29. The molecule has 1 heterocycles. The summed E-state index contributed by atoms with van der Waals surface area (Å²) < 4.78 is 15.8. The van der Waals surface area contributed by atoms with Crippen LogP contribution >= 0.6 is 0 Å². The molecule has 5 nitrogen and oxygen atoms in total. The number of hydrogen-bond donors (Lipinski definition) is 1. The van der Waals surface area contributed by atoms with Crippen LogP contribution in [-0.2, 0) is 16.0 Å². The first-order valence-corrected chi connectivity index (χ1v) is 6.45. The van der Waals surface area contributed by atoms with Gasteiger partial charge in [-0.1, -0.05) is 6.07 Å². The molecule has 0 spiro atoms. The summed E-state index contributed by atoms with van der Waals surface area (Å²) in [5, 5.41) is 3.03. The molecule has 0 aromatic heterocycles. The molecule has 0 amide bonds. The van der Waals surface area contributed by atoms with Crippen LogP contribution in [-0.4, -0.2) is 39.4 Å². The molecule has 5 heteroatoms. The van der Waals surface area contributed by atoms with E-state index in [1.54, 1.807) is 0 Å². The lowest BCUT2D eigenvalue weighted by Crippen LogP contribution is -2.25. The van der Waals surface area contributed by atoms with Crippen molar-refractivity contribution >= 4 is 5.97 Å². The van der Waals surface area contributed by atoms with Gasteiger partial charge in [0.15, 0.2) is 11.5 Å². The molecule has 1 aromatic rings. The van der Waals surface area contributed by atoms with Crippen LogP contribution in [0.4, 0.5) is 0 Å². The number of carbonyl (C=O) groups excluding carboxylic acids is 1. The van der Waals surface area contributed by atoms with Gasteiger partial charge in [0.05, 0.1) is 26.9 Å². The quantitative estimate of drug-likeness (QED) is 0.639. The highest BCUT2D eigenvalue weighted by Gasteiger charge is 2.10. The Kier molecular flexibility index (Phi) is 5.03. The number of nitrogens with one attached hydrogen (secondary N) is 1. The number of fused-ring (bicyclic) bond motifs is 1. The third kappa shape index (κ3) is 4.13.